The first-order valence-electron chi connectivity index (χ1n) is 6.91. The summed E-state index contributed by atoms with van der Waals surface area (Å²) in [5.41, 5.74) is 2.47. The van der Waals surface area contributed by atoms with E-state index >= 15 is 0 Å². The average molecular weight is 351 g/mol. The van der Waals surface area contributed by atoms with Crippen molar-refractivity contribution in [3.8, 4) is 0 Å². The second-order valence-corrected chi connectivity index (χ2v) is 8.49. The standard InChI is InChI=1S/C7H10N2O3S.C6H12S2/c1-3-6(12-9(10)11)7-5(2)8-4-13-7;1-5-3-7-8-4-6(5)2/h4,6H,3H2,1-2H3;5-6H,3-4H2,1-2H3. The van der Waals surface area contributed by atoms with Crippen LogP contribution in [0.3, 0.4) is 0 Å². The van der Waals surface area contributed by atoms with E-state index in [1.54, 1.807) is 5.51 Å². The Balaban J connectivity index is 0.000000235. The van der Waals surface area contributed by atoms with E-state index in [1.165, 1.54) is 22.8 Å². The highest BCUT2D eigenvalue weighted by Gasteiger charge is 2.18. The highest BCUT2D eigenvalue weighted by atomic mass is 33.1. The Bertz CT molecular complexity index is 432. The predicted molar refractivity (Wildman–Crippen MR) is 91.2 cm³/mol. The van der Waals surface area contributed by atoms with Crippen LogP contribution in [-0.4, -0.2) is 21.6 Å². The molecule has 1 fully saturated rings. The van der Waals surface area contributed by atoms with Crippen LogP contribution in [0.2, 0.25) is 0 Å². The molecule has 0 saturated carbocycles. The van der Waals surface area contributed by atoms with Gasteiger partial charge >= 0.3 is 0 Å². The second kappa shape index (κ2) is 9.53. The van der Waals surface area contributed by atoms with E-state index in [2.05, 4.69) is 23.7 Å². The van der Waals surface area contributed by atoms with Gasteiger partial charge in [-0.1, -0.05) is 42.4 Å². The van der Waals surface area contributed by atoms with Gasteiger partial charge in [0.2, 0.25) is 0 Å². The lowest BCUT2D eigenvalue weighted by atomic mass is 10.0. The first-order chi connectivity index (χ1) is 9.95. The van der Waals surface area contributed by atoms with Crippen LogP contribution in [0.1, 0.15) is 43.9 Å². The normalized spacial score (nSPS) is 22.9. The summed E-state index contributed by atoms with van der Waals surface area (Å²) >= 11 is 1.38. The van der Waals surface area contributed by atoms with Crippen molar-refractivity contribution < 1.29 is 9.92 Å². The molecule has 0 bridgehead atoms. The number of rotatable bonds is 4. The molecular formula is C13H22N2O3S3. The summed E-state index contributed by atoms with van der Waals surface area (Å²) in [7, 11) is 4.05. The third kappa shape index (κ3) is 6.44. The fourth-order valence-corrected chi connectivity index (χ4v) is 5.72. The van der Waals surface area contributed by atoms with Crippen LogP contribution in [0.15, 0.2) is 5.51 Å². The van der Waals surface area contributed by atoms with Crippen molar-refractivity contribution in [3.63, 3.8) is 0 Å². The Kier molecular flexibility index (Phi) is 8.43. The Morgan fingerprint density at radius 2 is 2.00 bits per heavy atom. The van der Waals surface area contributed by atoms with Crippen LogP contribution in [0.4, 0.5) is 0 Å². The quantitative estimate of drug-likeness (QED) is 0.443. The van der Waals surface area contributed by atoms with Gasteiger partial charge in [-0.25, -0.2) is 4.98 Å². The van der Waals surface area contributed by atoms with Crippen LogP contribution < -0.4 is 0 Å². The molecule has 3 unspecified atom stereocenters. The molecular weight excluding hydrogens is 328 g/mol. The van der Waals surface area contributed by atoms with Gasteiger partial charge in [0.1, 0.15) is 6.10 Å². The van der Waals surface area contributed by atoms with E-state index in [1.807, 2.05) is 35.4 Å². The maximum atomic E-state index is 10.1. The van der Waals surface area contributed by atoms with E-state index in [0.29, 0.717) is 6.42 Å². The summed E-state index contributed by atoms with van der Waals surface area (Å²) in [6.45, 7) is 8.35. The second-order valence-electron chi connectivity index (χ2n) is 5.05. The molecule has 120 valence electrons. The van der Waals surface area contributed by atoms with Gasteiger partial charge in [-0.3, -0.25) is 0 Å². The molecule has 0 radical (unpaired) electrons. The number of hydrogen-bond acceptors (Lipinski definition) is 7. The first kappa shape index (κ1) is 18.6. The van der Waals surface area contributed by atoms with Gasteiger partial charge in [0.25, 0.3) is 5.09 Å². The Labute approximate surface area is 137 Å². The summed E-state index contributed by atoms with van der Waals surface area (Å²) in [5.74, 6) is 4.60. The molecule has 21 heavy (non-hydrogen) atoms. The molecule has 1 aliphatic rings. The molecule has 0 amide bonds. The molecule has 5 nitrogen and oxygen atoms in total. The van der Waals surface area contributed by atoms with Crippen molar-refractivity contribution in [2.45, 2.75) is 40.2 Å². The van der Waals surface area contributed by atoms with Crippen molar-refractivity contribution >= 4 is 32.9 Å². The lowest BCUT2D eigenvalue weighted by molar-refractivity contribution is -0.771. The van der Waals surface area contributed by atoms with Gasteiger partial charge in [-0.15, -0.1) is 21.5 Å². The molecule has 1 aromatic heterocycles. The highest BCUT2D eigenvalue weighted by Crippen LogP contribution is 2.35. The van der Waals surface area contributed by atoms with Crippen molar-refractivity contribution in [2.75, 3.05) is 11.5 Å². The first-order valence-corrected chi connectivity index (χ1v) is 10.3. The zero-order chi connectivity index (χ0) is 15.8. The highest BCUT2D eigenvalue weighted by molar-refractivity contribution is 8.76. The van der Waals surface area contributed by atoms with Crippen LogP contribution in [0, 0.1) is 28.9 Å². The number of hydrogen-bond donors (Lipinski definition) is 0. The van der Waals surface area contributed by atoms with Crippen molar-refractivity contribution in [1.29, 1.82) is 0 Å². The monoisotopic (exact) mass is 350 g/mol. The van der Waals surface area contributed by atoms with Gasteiger partial charge in [0.05, 0.1) is 16.1 Å². The lowest BCUT2D eigenvalue weighted by Crippen LogP contribution is -2.15. The summed E-state index contributed by atoms with van der Waals surface area (Å²) in [5, 5.41) is 9.39. The number of nitrogens with zero attached hydrogens (tertiary/aromatic N) is 2. The maximum Gasteiger partial charge on any atom is 0.295 e. The fraction of sp³-hybridized carbons (Fsp3) is 0.769. The molecule has 2 heterocycles. The van der Waals surface area contributed by atoms with Crippen LogP contribution in [0.5, 0.6) is 0 Å². The number of aryl methyl sites for hydroxylation is 1. The molecule has 2 rings (SSSR count). The summed E-state index contributed by atoms with van der Waals surface area (Å²) < 4.78 is 0. The van der Waals surface area contributed by atoms with Gasteiger partial charge in [-0.05, 0) is 25.2 Å². The van der Waals surface area contributed by atoms with Gasteiger partial charge < -0.3 is 4.84 Å². The Morgan fingerprint density at radius 1 is 1.43 bits per heavy atom. The third-order valence-electron chi connectivity index (χ3n) is 3.38. The molecule has 0 aromatic carbocycles. The SMILES string of the molecule is CC1CSSCC1C.CCC(O[N+](=O)[O-])c1scnc1C. The van der Waals surface area contributed by atoms with E-state index in [9.17, 15) is 10.1 Å². The molecule has 1 aromatic rings. The van der Waals surface area contributed by atoms with Gasteiger partial charge in [-0.2, -0.15) is 0 Å². The molecule has 8 heteroatoms. The van der Waals surface area contributed by atoms with Crippen LogP contribution in [0.25, 0.3) is 0 Å². The van der Waals surface area contributed by atoms with E-state index in [-0.39, 0.29) is 0 Å². The fourth-order valence-electron chi connectivity index (χ4n) is 1.67. The topological polar surface area (TPSA) is 65.3 Å². The van der Waals surface area contributed by atoms with Gasteiger partial charge in [0.15, 0.2) is 0 Å². The number of thiazole rings is 1. The third-order valence-corrected chi connectivity index (χ3v) is 7.21. The van der Waals surface area contributed by atoms with E-state index in [0.717, 1.165) is 22.4 Å². The minimum absolute atomic E-state index is 0.470. The average Bonchev–Trinajstić information content (AvgIpc) is 2.86. The zero-order valence-corrected chi connectivity index (χ0v) is 15.2. The molecule has 1 saturated heterocycles. The van der Waals surface area contributed by atoms with Gasteiger partial charge in [0, 0.05) is 11.5 Å². The zero-order valence-electron chi connectivity index (χ0n) is 12.8. The minimum atomic E-state index is -0.757. The van der Waals surface area contributed by atoms with Crippen molar-refractivity contribution in [1.82, 2.24) is 4.98 Å². The Morgan fingerprint density at radius 3 is 2.33 bits per heavy atom. The largest absolute Gasteiger partial charge is 0.305 e. The number of aromatic nitrogens is 1. The predicted octanol–water partition coefficient (Wildman–Crippen LogP) is 4.76. The van der Waals surface area contributed by atoms with Crippen LogP contribution >= 0.6 is 32.9 Å². The summed E-state index contributed by atoms with van der Waals surface area (Å²) in [6, 6.07) is 0. The van der Waals surface area contributed by atoms with Crippen molar-refractivity contribution in [2.24, 2.45) is 11.8 Å². The minimum Gasteiger partial charge on any atom is -0.305 e. The molecule has 0 aliphatic carbocycles. The molecule has 0 N–H and O–H groups in total. The maximum absolute atomic E-state index is 10.1. The molecule has 3 atom stereocenters. The van der Waals surface area contributed by atoms with E-state index in [4.69, 9.17) is 0 Å². The van der Waals surface area contributed by atoms with E-state index < -0.39 is 11.2 Å². The lowest BCUT2D eigenvalue weighted by Gasteiger charge is -2.23. The molecule has 1 aliphatic heterocycles. The molecule has 0 spiro atoms. The Hall–Kier alpha value is -0.470. The summed E-state index contributed by atoms with van der Waals surface area (Å²) in [6.07, 6.45) is 0.104. The smallest absolute Gasteiger partial charge is 0.295 e. The van der Waals surface area contributed by atoms with Crippen LogP contribution in [-0.2, 0) is 4.84 Å². The van der Waals surface area contributed by atoms with Crippen molar-refractivity contribution in [3.05, 3.63) is 26.2 Å². The summed E-state index contributed by atoms with van der Waals surface area (Å²) in [4.78, 5) is 19.5.